The van der Waals surface area contributed by atoms with Crippen molar-refractivity contribution < 1.29 is 9.47 Å². The van der Waals surface area contributed by atoms with Crippen molar-refractivity contribution in [2.24, 2.45) is 12.0 Å². The monoisotopic (exact) mass is 488 g/mol. The van der Waals surface area contributed by atoms with Crippen LogP contribution in [-0.4, -0.2) is 47.6 Å². The molecule has 0 aliphatic rings. The van der Waals surface area contributed by atoms with Gasteiger partial charge in [0, 0.05) is 26.8 Å². The number of aromatic nitrogens is 3. The van der Waals surface area contributed by atoms with E-state index in [9.17, 15) is 0 Å². The molecule has 0 bridgehead atoms. The van der Waals surface area contributed by atoms with Crippen molar-refractivity contribution in [2.45, 2.75) is 26.4 Å². The van der Waals surface area contributed by atoms with Crippen LogP contribution < -0.4 is 15.4 Å². The molecule has 0 saturated carbocycles. The van der Waals surface area contributed by atoms with E-state index in [1.54, 1.807) is 18.1 Å². The van der Waals surface area contributed by atoms with Crippen LogP contribution in [-0.2, 0) is 24.9 Å². The molecule has 150 valence electrons. The van der Waals surface area contributed by atoms with Gasteiger partial charge in [0.05, 0.1) is 20.2 Å². The number of ether oxygens (including phenoxy) is 2. The third-order valence-corrected chi connectivity index (χ3v) is 3.76. The van der Waals surface area contributed by atoms with Crippen LogP contribution in [0.25, 0.3) is 0 Å². The highest BCUT2D eigenvalue weighted by Crippen LogP contribution is 2.11. The first-order valence-corrected chi connectivity index (χ1v) is 8.78. The molecule has 2 aromatic rings. The second-order valence-corrected chi connectivity index (χ2v) is 5.64. The van der Waals surface area contributed by atoms with Crippen LogP contribution in [0.4, 0.5) is 0 Å². The molecule has 0 spiro atoms. The molecular weight excluding hydrogens is 459 g/mol. The van der Waals surface area contributed by atoms with Gasteiger partial charge in [-0.1, -0.05) is 12.1 Å². The Morgan fingerprint density at radius 2 is 2.00 bits per heavy atom. The molecule has 2 rings (SSSR count). The van der Waals surface area contributed by atoms with Crippen molar-refractivity contribution in [1.29, 1.82) is 0 Å². The Kier molecular flexibility index (Phi) is 11.4. The third kappa shape index (κ3) is 8.57. The minimum atomic E-state index is 0. The fraction of sp³-hybridized carbons (Fsp3) is 0.500. The zero-order valence-corrected chi connectivity index (χ0v) is 18.5. The molecule has 1 heterocycles. The van der Waals surface area contributed by atoms with E-state index in [2.05, 4.69) is 25.7 Å². The number of nitrogens with zero attached hydrogens (tertiary/aromatic N) is 4. The molecule has 0 aliphatic carbocycles. The summed E-state index contributed by atoms with van der Waals surface area (Å²) in [5.74, 6) is 2.42. The number of aryl methyl sites for hydroxylation is 1. The van der Waals surface area contributed by atoms with Crippen LogP contribution in [0, 0.1) is 0 Å². The molecule has 1 aromatic heterocycles. The fourth-order valence-corrected chi connectivity index (χ4v) is 2.24. The Morgan fingerprint density at radius 1 is 1.22 bits per heavy atom. The molecule has 2 N–H and O–H groups in total. The molecule has 0 atom stereocenters. The lowest BCUT2D eigenvalue weighted by molar-refractivity contribution is 0.145. The van der Waals surface area contributed by atoms with Crippen molar-refractivity contribution in [3.05, 3.63) is 42.0 Å². The van der Waals surface area contributed by atoms with Gasteiger partial charge in [-0.2, -0.15) is 5.10 Å². The largest absolute Gasteiger partial charge is 0.497 e. The van der Waals surface area contributed by atoms with Gasteiger partial charge in [-0.3, -0.25) is 4.68 Å². The maximum absolute atomic E-state index is 5.37. The lowest BCUT2D eigenvalue weighted by atomic mass is 10.2. The number of hydrogen-bond acceptors (Lipinski definition) is 5. The molecule has 0 fully saturated rings. The van der Waals surface area contributed by atoms with E-state index in [0.717, 1.165) is 49.3 Å². The Bertz CT molecular complexity index is 675. The quantitative estimate of drug-likeness (QED) is 0.231. The summed E-state index contributed by atoms with van der Waals surface area (Å²) in [7, 11) is 3.53. The van der Waals surface area contributed by atoms with Crippen molar-refractivity contribution in [3.63, 3.8) is 0 Å². The van der Waals surface area contributed by atoms with Gasteiger partial charge < -0.3 is 20.1 Å². The van der Waals surface area contributed by atoms with Crippen molar-refractivity contribution in [2.75, 3.05) is 26.9 Å². The SMILES string of the molecule is CCOCCCNC(=NCc1ccc(OC)cc1)NCc1ncnn1C.I. The Labute approximate surface area is 177 Å². The van der Waals surface area contributed by atoms with E-state index < -0.39 is 0 Å². The Morgan fingerprint density at radius 3 is 2.63 bits per heavy atom. The first-order valence-electron chi connectivity index (χ1n) is 8.78. The normalized spacial score (nSPS) is 11.0. The van der Waals surface area contributed by atoms with Gasteiger partial charge in [0.25, 0.3) is 0 Å². The van der Waals surface area contributed by atoms with Crippen LogP contribution in [0.1, 0.15) is 24.7 Å². The highest BCUT2D eigenvalue weighted by Gasteiger charge is 2.03. The molecule has 0 saturated heterocycles. The second-order valence-electron chi connectivity index (χ2n) is 5.64. The number of halogens is 1. The molecule has 9 heteroatoms. The maximum Gasteiger partial charge on any atom is 0.191 e. The highest BCUT2D eigenvalue weighted by atomic mass is 127. The van der Waals surface area contributed by atoms with Gasteiger partial charge in [-0.05, 0) is 31.0 Å². The molecule has 1 aromatic carbocycles. The number of methoxy groups -OCH3 is 1. The van der Waals surface area contributed by atoms with Crippen LogP contribution in [0.2, 0.25) is 0 Å². The first-order chi connectivity index (χ1) is 12.7. The van der Waals surface area contributed by atoms with E-state index in [1.165, 1.54) is 0 Å². The van der Waals surface area contributed by atoms with Crippen LogP contribution in [0.15, 0.2) is 35.6 Å². The van der Waals surface area contributed by atoms with Crippen molar-refractivity contribution in [1.82, 2.24) is 25.4 Å². The predicted molar refractivity (Wildman–Crippen MR) is 117 cm³/mol. The third-order valence-electron chi connectivity index (χ3n) is 3.76. The Balaban J connectivity index is 0.00000364. The summed E-state index contributed by atoms with van der Waals surface area (Å²) in [5.41, 5.74) is 1.11. The molecule has 0 unspecified atom stereocenters. The minimum absolute atomic E-state index is 0. The van der Waals surface area contributed by atoms with Crippen LogP contribution >= 0.6 is 24.0 Å². The molecule has 0 radical (unpaired) electrons. The number of guanidine groups is 1. The highest BCUT2D eigenvalue weighted by molar-refractivity contribution is 14.0. The number of aliphatic imine (C=N–C) groups is 1. The van der Waals surface area contributed by atoms with Crippen molar-refractivity contribution >= 4 is 29.9 Å². The topological polar surface area (TPSA) is 85.6 Å². The van der Waals surface area contributed by atoms with Gasteiger partial charge in [0.15, 0.2) is 5.96 Å². The first kappa shape index (κ1) is 23.2. The summed E-state index contributed by atoms with van der Waals surface area (Å²) >= 11 is 0. The lowest BCUT2D eigenvalue weighted by Gasteiger charge is -2.12. The summed E-state index contributed by atoms with van der Waals surface area (Å²) in [6, 6.07) is 7.90. The fourth-order valence-electron chi connectivity index (χ4n) is 2.24. The average molecular weight is 488 g/mol. The second kappa shape index (κ2) is 13.3. The molecule has 0 amide bonds. The van der Waals surface area contributed by atoms with Crippen molar-refractivity contribution in [3.8, 4) is 5.75 Å². The smallest absolute Gasteiger partial charge is 0.191 e. The molecule has 8 nitrogen and oxygen atoms in total. The standard InChI is InChI=1S/C18H28N6O2.HI/c1-4-26-11-5-10-19-18(21-13-17-22-14-23-24(17)2)20-12-15-6-8-16(25-3)9-7-15;/h6-9,14H,4-5,10-13H2,1-3H3,(H2,19,20,21);1H. The van der Waals surface area contributed by atoms with E-state index in [1.807, 2.05) is 38.2 Å². The van der Waals surface area contributed by atoms with Gasteiger partial charge in [0.2, 0.25) is 0 Å². The maximum atomic E-state index is 5.37. The molecular formula is C18H29IN6O2. The predicted octanol–water partition coefficient (Wildman–Crippen LogP) is 2.10. The van der Waals surface area contributed by atoms with Crippen LogP contribution in [0.3, 0.4) is 0 Å². The average Bonchev–Trinajstić information content (AvgIpc) is 3.08. The van der Waals surface area contributed by atoms with E-state index in [4.69, 9.17) is 9.47 Å². The van der Waals surface area contributed by atoms with Gasteiger partial charge in [-0.25, -0.2) is 9.98 Å². The molecule has 27 heavy (non-hydrogen) atoms. The van der Waals surface area contributed by atoms with Crippen LogP contribution in [0.5, 0.6) is 5.75 Å². The summed E-state index contributed by atoms with van der Waals surface area (Å²) < 4.78 is 12.3. The number of hydrogen-bond donors (Lipinski definition) is 2. The number of rotatable bonds is 10. The van der Waals surface area contributed by atoms with Gasteiger partial charge in [-0.15, -0.1) is 24.0 Å². The molecule has 0 aliphatic heterocycles. The Hall–Kier alpha value is -1.88. The summed E-state index contributed by atoms with van der Waals surface area (Å²) in [4.78, 5) is 8.87. The van der Waals surface area contributed by atoms with Gasteiger partial charge in [0.1, 0.15) is 17.9 Å². The summed E-state index contributed by atoms with van der Waals surface area (Å²) in [6.45, 7) is 5.38. The minimum Gasteiger partial charge on any atom is -0.497 e. The lowest BCUT2D eigenvalue weighted by Crippen LogP contribution is -2.38. The zero-order valence-electron chi connectivity index (χ0n) is 16.1. The summed E-state index contributed by atoms with van der Waals surface area (Å²) in [6.07, 6.45) is 2.46. The number of benzene rings is 1. The summed E-state index contributed by atoms with van der Waals surface area (Å²) in [5, 5.41) is 10.7. The zero-order chi connectivity index (χ0) is 18.6. The van der Waals surface area contributed by atoms with E-state index >= 15 is 0 Å². The van der Waals surface area contributed by atoms with E-state index in [-0.39, 0.29) is 24.0 Å². The van der Waals surface area contributed by atoms with E-state index in [0.29, 0.717) is 13.1 Å². The van der Waals surface area contributed by atoms with Gasteiger partial charge >= 0.3 is 0 Å². The number of nitrogens with one attached hydrogen (secondary N) is 2.